The smallest absolute Gasteiger partial charge is 0.254 e. The molecule has 30 heavy (non-hydrogen) atoms. The van der Waals surface area contributed by atoms with Gasteiger partial charge >= 0.3 is 0 Å². The lowest BCUT2D eigenvalue weighted by atomic mass is 10.2. The molecule has 0 atom stereocenters. The number of nitrogens with one attached hydrogen (secondary N) is 2. The van der Waals surface area contributed by atoms with Gasteiger partial charge in [-0.05, 0) is 44.5 Å². The highest BCUT2D eigenvalue weighted by Gasteiger charge is 2.16. The number of aryl methyl sites for hydroxylation is 1. The first-order valence-electron chi connectivity index (χ1n) is 9.51. The zero-order valence-corrected chi connectivity index (χ0v) is 16.7. The maximum atomic E-state index is 13.6. The summed E-state index contributed by atoms with van der Waals surface area (Å²) in [6.07, 6.45) is 0.535. The summed E-state index contributed by atoms with van der Waals surface area (Å²) in [6.45, 7) is 3.88. The lowest BCUT2D eigenvalue weighted by Crippen LogP contribution is -2.26. The molecule has 6 nitrogen and oxygen atoms in total. The van der Waals surface area contributed by atoms with Crippen molar-refractivity contribution in [3.05, 3.63) is 77.1 Å². The molecule has 0 saturated carbocycles. The monoisotopic (exact) mass is 412 g/mol. The normalized spacial score (nSPS) is 10.7. The molecule has 0 aliphatic rings. The summed E-state index contributed by atoms with van der Waals surface area (Å²) < 4.78 is 28.3. The number of halogens is 2. The number of amides is 2. The third-order valence-corrected chi connectivity index (χ3v) is 4.60. The van der Waals surface area contributed by atoms with E-state index in [1.54, 1.807) is 4.68 Å². The Morgan fingerprint density at radius 2 is 1.80 bits per heavy atom. The maximum Gasteiger partial charge on any atom is 0.254 e. The summed E-state index contributed by atoms with van der Waals surface area (Å²) in [4.78, 5) is 24.3. The van der Waals surface area contributed by atoms with Crippen LogP contribution in [0.25, 0.3) is 5.69 Å². The van der Waals surface area contributed by atoms with E-state index in [0.29, 0.717) is 23.9 Å². The van der Waals surface area contributed by atoms with Gasteiger partial charge < -0.3 is 10.6 Å². The minimum absolute atomic E-state index is 0.168. The van der Waals surface area contributed by atoms with Gasteiger partial charge in [0.15, 0.2) is 0 Å². The molecule has 0 aliphatic carbocycles. The predicted octanol–water partition coefficient (Wildman–Crippen LogP) is 3.92. The molecular weight excluding hydrogens is 390 g/mol. The summed E-state index contributed by atoms with van der Waals surface area (Å²) in [7, 11) is 0. The summed E-state index contributed by atoms with van der Waals surface area (Å²) in [5.74, 6) is -2.53. The molecule has 2 aromatic carbocycles. The van der Waals surface area contributed by atoms with Crippen molar-refractivity contribution in [2.75, 3.05) is 11.9 Å². The molecule has 2 N–H and O–H groups in total. The van der Waals surface area contributed by atoms with Crippen LogP contribution in [0.15, 0.2) is 48.5 Å². The first-order valence-corrected chi connectivity index (χ1v) is 9.51. The fraction of sp³-hybridized carbons (Fsp3) is 0.227. The molecule has 1 aromatic heterocycles. The minimum Gasteiger partial charge on any atom is -0.352 e. The van der Waals surface area contributed by atoms with E-state index in [-0.39, 0.29) is 24.4 Å². The Kier molecular flexibility index (Phi) is 6.56. The van der Waals surface area contributed by atoms with Crippen molar-refractivity contribution >= 4 is 17.5 Å². The number of rotatable bonds is 7. The van der Waals surface area contributed by atoms with Crippen molar-refractivity contribution in [1.82, 2.24) is 15.1 Å². The standard InChI is InChI=1S/C22H22F2N4O2/c1-14-21(15(2)28(27-14)17-7-4-3-5-8-17)26-20(29)9-6-12-25-22(30)18-11-10-16(23)13-19(18)24/h3-5,7-8,10-11,13H,6,9,12H2,1-2H3,(H,25,30)(H,26,29). The van der Waals surface area contributed by atoms with Crippen molar-refractivity contribution in [3.8, 4) is 5.69 Å². The molecule has 156 valence electrons. The molecule has 0 aliphatic heterocycles. The van der Waals surface area contributed by atoms with E-state index >= 15 is 0 Å². The summed E-state index contributed by atoms with van der Waals surface area (Å²) in [5, 5.41) is 9.88. The third-order valence-electron chi connectivity index (χ3n) is 4.60. The Labute approximate surface area is 172 Å². The molecule has 0 fully saturated rings. The van der Waals surface area contributed by atoms with Gasteiger partial charge in [0.1, 0.15) is 11.6 Å². The highest BCUT2D eigenvalue weighted by Crippen LogP contribution is 2.23. The summed E-state index contributed by atoms with van der Waals surface area (Å²) in [5.41, 5.74) is 2.83. The SMILES string of the molecule is Cc1nn(-c2ccccc2)c(C)c1NC(=O)CCCNC(=O)c1ccc(F)cc1F. The largest absolute Gasteiger partial charge is 0.352 e. The number of anilines is 1. The molecule has 3 rings (SSSR count). The van der Waals surface area contributed by atoms with Crippen LogP contribution < -0.4 is 10.6 Å². The molecular formula is C22H22F2N4O2. The van der Waals surface area contributed by atoms with Crippen LogP contribution >= 0.6 is 0 Å². The molecule has 0 saturated heterocycles. The molecule has 8 heteroatoms. The van der Waals surface area contributed by atoms with E-state index < -0.39 is 17.5 Å². The van der Waals surface area contributed by atoms with E-state index in [4.69, 9.17) is 0 Å². The Morgan fingerprint density at radius 1 is 1.07 bits per heavy atom. The first kappa shape index (κ1) is 21.2. The van der Waals surface area contributed by atoms with Gasteiger partial charge in [-0.2, -0.15) is 5.10 Å². The van der Waals surface area contributed by atoms with Gasteiger partial charge in [-0.3, -0.25) is 9.59 Å². The first-order chi connectivity index (χ1) is 14.4. The van der Waals surface area contributed by atoms with Crippen LogP contribution in [0.3, 0.4) is 0 Å². The van der Waals surface area contributed by atoms with Crippen LogP contribution in [0.5, 0.6) is 0 Å². The van der Waals surface area contributed by atoms with Crippen LogP contribution in [0.1, 0.15) is 34.6 Å². The van der Waals surface area contributed by atoms with Gasteiger partial charge in [0, 0.05) is 19.0 Å². The van der Waals surface area contributed by atoms with Gasteiger partial charge in [-0.25, -0.2) is 13.5 Å². The van der Waals surface area contributed by atoms with Crippen LogP contribution in [-0.4, -0.2) is 28.1 Å². The number of benzene rings is 2. The molecule has 0 bridgehead atoms. The Hall–Kier alpha value is -3.55. The number of nitrogens with zero attached hydrogens (tertiary/aromatic N) is 2. The molecule has 2 amide bonds. The lowest BCUT2D eigenvalue weighted by molar-refractivity contribution is -0.116. The van der Waals surface area contributed by atoms with Gasteiger partial charge in [0.25, 0.3) is 5.91 Å². The average molecular weight is 412 g/mol. The second-order valence-electron chi connectivity index (χ2n) is 6.82. The van der Waals surface area contributed by atoms with Gasteiger partial charge in [0.05, 0.1) is 28.3 Å². The van der Waals surface area contributed by atoms with Crippen LogP contribution in [0, 0.1) is 25.5 Å². The van der Waals surface area contributed by atoms with E-state index in [2.05, 4.69) is 15.7 Å². The second-order valence-corrected chi connectivity index (χ2v) is 6.82. The zero-order chi connectivity index (χ0) is 21.7. The highest BCUT2D eigenvalue weighted by molar-refractivity contribution is 5.94. The molecule has 0 spiro atoms. The Bertz CT molecular complexity index is 1060. The van der Waals surface area contributed by atoms with Crippen LogP contribution in [0.4, 0.5) is 14.5 Å². The second kappa shape index (κ2) is 9.30. The van der Waals surface area contributed by atoms with Crippen molar-refractivity contribution in [2.45, 2.75) is 26.7 Å². The van der Waals surface area contributed by atoms with Crippen LogP contribution in [-0.2, 0) is 4.79 Å². The van der Waals surface area contributed by atoms with Gasteiger partial charge in [-0.1, -0.05) is 18.2 Å². The number of hydrogen-bond acceptors (Lipinski definition) is 3. The summed E-state index contributed by atoms with van der Waals surface area (Å²) in [6, 6.07) is 12.4. The topological polar surface area (TPSA) is 76.0 Å². The van der Waals surface area contributed by atoms with Crippen LogP contribution in [0.2, 0.25) is 0 Å². The van der Waals surface area contributed by atoms with E-state index in [9.17, 15) is 18.4 Å². The van der Waals surface area contributed by atoms with Gasteiger partial charge in [-0.15, -0.1) is 0 Å². The molecule has 0 radical (unpaired) electrons. The predicted molar refractivity (Wildman–Crippen MR) is 110 cm³/mol. The summed E-state index contributed by atoms with van der Waals surface area (Å²) >= 11 is 0. The molecule has 1 heterocycles. The minimum atomic E-state index is -0.924. The molecule has 0 unspecified atom stereocenters. The third kappa shape index (κ3) is 4.89. The Morgan fingerprint density at radius 3 is 2.50 bits per heavy atom. The lowest BCUT2D eigenvalue weighted by Gasteiger charge is -2.08. The fourth-order valence-corrected chi connectivity index (χ4v) is 3.07. The number of carbonyl (C=O) groups is 2. The Balaban J connectivity index is 1.52. The maximum absolute atomic E-state index is 13.6. The molecule has 3 aromatic rings. The quantitative estimate of drug-likeness (QED) is 0.578. The van der Waals surface area contributed by atoms with E-state index in [0.717, 1.165) is 23.5 Å². The van der Waals surface area contributed by atoms with Crippen molar-refractivity contribution in [3.63, 3.8) is 0 Å². The van der Waals surface area contributed by atoms with Gasteiger partial charge in [0.2, 0.25) is 5.91 Å². The number of hydrogen-bond donors (Lipinski definition) is 2. The van der Waals surface area contributed by atoms with Crippen molar-refractivity contribution < 1.29 is 18.4 Å². The zero-order valence-electron chi connectivity index (χ0n) is 16.7. The fourth-order valence-electron chi connectivity index (χ4n) is 3.07. The number of aromatic nitrogens is 2. The number of para-hydroxylation sites is 1. The average Bonchev–Trinajstić information content (AvgIpc) is 3.00. The number of carbonyl (C=O) groups excluding carboxylic acids is 2. The van der Waals surface area contributed by atoms with Crippen molar-refractivity contribution in [1.29, 1.82) is 0 Å². The van der Waals surface area contributed by atoms with E-state index in [1.807, 2.05) is 44.2 Å². The van der Waals surface area contributed by atoms with Crippen molar-refractivity contribution in [2.24, 2.45) is 0 Å². The van der Waals surface area contributed by atoms with E-state index in [1.165, 1.54) is 0 Å². The highest BCUT2D eigenvalue weighted by atomic mass is 19.1.